The molecule has 11 heavy (non-hydrogen) atoms. The molecule has 0 aliphatic carbocycles. The molecule has 0 aromatic heterocycles. The number of carbonyl (C=O) groups is 1. The van der Waals surface area contributed by atoms with Gasteiger partial charge < -0.3 is 9.84 Å². The van der Waals surface area contributed by atoms with E-state index in [2.05, 4.69) is 20.7 Å². The highest BCUT2D eigenvalue weighted by molar-refractivity contribution is 9.10. The van der Waals surface area contributed by atoms with Crippen LogP contribution < -0.4 is 0 Å². The monoisotopic (exact) mass is 260 g/mol. The molecule has 1 aliphatic rings. The summed E-state index contributed by atoms with van der Waals surface area (Å²) < 4.78 is 3.66. The Bertz CT molecular complexity index is 226. The average molecular weight is 262 g/mol. The number of alkyl halides is 2. The van der Waals surface area contributed by atoms with Crippen molar-refractivity contribution in [1.29, 1.82) is 0 Å². The van der Waals surface area contributed by atoms with Crippen LogP contribution in [0.4, 0.5) is 0 Å². The lowest BCUT2D eigenvalue weighted by molar-refractivity contribution is -0.151. The summed E-state index contributed by atoms with van der Waals surface area (Å²) in [5.74, 6) is -0.751. The maximum absolute atomic E-state index is 10.6. The quantitative estimate of drug-likeness (QED) is 0.572. The Labute approximate surface area is 81.0 Å². The lowest BCUT2D eigenvalue weighted by Crippen LogP contribution is -2.13. The van der Waals surface area contributed by atoms with Crippen molar-refractivity contribution >= 4 is 45.1 Å². The van der Waals surface area contributed by atoms with Crippen LogP contribution in [0.2, 0.25) is 0 Å². The van der Waals surface area contributed by atoms with E-state index >= 15 is 0 Å². The van der Waals surface area contributed by atoms with Gasteiger partial charge in [-0.25, -0.2) is 4.79 Å². The van der Waals surface area contributed by atoms with Gasteiger partial charge in [-0.2, -0.15) is 0 Å². The third-order valence-electron chi connectivity index (χ3n) is 1.15. The number of aliphatic hydroxyl groups excluding tert-OH is 1. The molecule has 0 radical (unpaired) electrons. The first-order valence-electron chi connectivity index (χ1n) is 2.60. The summed E-state index contributed by atoms with van der Waals surface area (Å²) in [6, 6.07) is 0. The van der Waals surface area contributed by atoms with E-state index in [1.165, 1.54) is 0 Å². The molecule has 0 aromatic rings. The average Bonchev–Trinajstić information content (AvgIpc) is 2.07. The standard InChI is InChI=1S/C5H3BrCl2O3/c6-3(8)1-2(7)5(10)11-4(1)9/h3-4,9H/t3-,4+/m1/s1. The minimum atomic E-state index is -1.32. The highest BCUT2D eigenvalue weighted by atomic mass is 79.9. The lowest BCUT2D eigenvalue weighted by atomic mass is 10.3. The van der Waals surface area contributed by atoms with Gasteiger partial charge >= 0.3 is 5.97 Å². The zero-order valence-electron chi connectivity index (χ0n) is 5.05. The van der Waals surface area contributed by atoms with E-state index in [9.17, 15) is 4.79 Å². The first-order valence-corrected chi connectivity index (χ1v) is 4.33. The molecule has 0 saturated heterocycles. The highest BCUT2D eigenvalue weighted by Gasteiger charge is 2.34. The molecule has 6 heteroatoms. The van der Waals surface area contributed by atoms with Crippen LogP contribution in [-0.2, 0) is 9.53 Å². The highest BCUT2D eigenvalue weighted by Crippen LogP contribution is 2.31. The number of carbonyl (C=O) groups excluding carboxylic acids is 1. The Kier molecular flexibility index (Phi) is 2.80. The summed E-state index contributed by atoms with van der Waals surface area (Å²) in [5.41, 5.74) is 0.151. The SMILES string of the molecule is O=C1O[C@H](O)C([C@@H](Cl)Br)=C1Cl. The molecular formula is C5H3BrCl2O3. The van der Waals surface area contributed by atoms with Crippen molar-refractivity contribution in [2.75, 3.05) is 0 Å². The molecule has 3 nitrogen and oxygen atoms in total. The fourth-order valence-corrected chi connectivity index (χ4v) is 1.75. The van der Waals surface area contributed by atoms with Crippen LogP contribution >= 0.6 is 39.1 Å². The Morgan fingerprint density at radius 2 is 2.27 bits per heavy atom. The van der Waals surface area contributed by atoms with Gasteiger partial charge in [0.05, 0.1) is 5.57 Å². The first-order chi connectivity index (χ1) is 5.04. The molecule has 1 aliphatic heterocycles. The molecule has 2 atom stereocenters. The molecule has 0 bridgehead atoms. The Morgan fingerprint density at radius 3 is 2.45 bits per heavy atom. The van der Waals surface area contributed by atoms with Crippen molar-refractivity contribution in [1.82, 2.24) is 0 Å². The summed E-state index contributed by atoms with van der Waals surface area (Å²) >= 11 is 13.9. The van der Waals surface area contributed by atoms with Crippen molar-refractivity contribution < 1.29 is 14.6 Å². The Hall–Kier alpha value is 0.230. The van der Waals surface area contributed by atoms with E-state index < -0.39 is 16.5 Å². The van der Waals surface area contributed by atoms with Crippen molar-refractivity contribution in [2.45, 2.75) is 10.6 Å². The molecule has 62 valence electrons. The second-order valence-corrected chi connectivity index (χ2v) is 4.08. The molecule has 1 N–H and O–H groups in total. The topological polar surface area (TPSA) is 46.5 Å². The van der Waals surface area contributed by atoms with Crippen LogP contribution in [0.1, 0.15) is 0 Å². The first kappa shape index (κ1) is 9.32. The third-order valence-corrected chi connectivity index (χ3v) is 2.25. The van der Waals surface area contributed by atoms with Gasteiger partial charge in [0.25, 0.3) is 0 Å². The molecule has 1 rings (SSSR count). The smallest absolute Gasteiger partial charge is 0.352 e. The number of cyclic esters (lactones) is 1. The molecule has 0 fully saturated rings. The van der Waals surface area contributed by atoms with Crippen molar-refractivity contribution in [2.24, 2.45) is 0 Å². The fraction of sp³-hybridized carbons (Fsp3) is 0.400. The summed E-state index contributed by atoms with van der Waals surface area (Å²) in [4.78, 5) is 10.6. The van der Waals surface area contributed by atoms with Crippen LogP contribution in [0.5, 0.6) is 0 Å². The van der Waals surface area contributed by atoms with E-state index in [1.54, 1.807) is 0 Å². The number of halogens is 3. The second-order valence-electron chi connectivity index (χ2n) is 1.83. The van der Waals surface area contributed by atoms with Crippen LogP contribution in [0.15, 0.2) is 10.6 Å². The van der Waals surface area contributed by atoms with E-state index in [0.717, 1.165) is 0 Å². The minimum absolute atomic E-state index is 0.151. The van der Waals surface area contributed by atoms with Gasteiger partial charge in [0, 0.05) is 0 Å². The summed E-state index contributed by atoms with van der Waals surface area (Å²) in [6.07, 6.45) is -1.32. The maximum atomic E-state index is 10.6. The lowest BCUT2D eigenvalue weighted by Gasteiger charge is -2.06. The van der Waals surface area contributed by atoms with Crippen LogP contribution in [0.25, 0.3) is 0 Å². The predicted octanol–water partition coefficient (Wildman–Crippen LogP) is 1.31. The molecule has 0 unspecified atom stereocenters. The number of aliphatic hydroxyl groups is 1. The van der Waals surface area contributed by atoms with Gasteiger partial charge in [-0.3, -0.25) is 0 Å². The van der Waals surface area contributed by atoms with Crippen LogP contribution in [-0.4, -0.2) is 21.7 Å². The summed E-state index contributed by atoms with van der Waals surface area (Å²) in [6.45, 7) is 0. The van der Waals surface area contributed by atoms with Gasteiger partial charge in [-0.15, -0.1) is 11.6 Å². The van der Waals surface area contributed by atoms with Crippen molar-refractivity contribution in [3.05, 3.63) is 10.6 Å². The van der Waals surface area contributed by atoms with Gasteiger partial charge in [-0.1, -0.05) is 27.5 Å². The van der Waals surface area contributed by atoms with E-state index in [0.29, 0.717) is 0 Å². The van der Waals surface area contributed by atoms with Gasteiger partial charge in [0.15, 0.2) is 0 Å². The molecule has 0 aromatic carbocycles. The number of esters is 1. The summed E-state index contributed by atoms with van der Waals surface area (Å²) in [5, 5.41) is 8.84. The maximum Gasteiger partial charge on any atom is 0.352 e. The van der Waals surface area contributed by atoms with Crippen LogP contribution in [0, 0.1) is 0 Å². The van der Waals surface area contributed by atoms with Gasteiger partial charge in [0.2, 0.25) is 6.29 Å². The van der Waals surface area contributed by atoms with E-state index in [1.807, 2.05) is 0 Å². The fourth-order valence-electron chi connectivity index (χ4n) is 0.646. The second kappa shape index (κ2) is 3.31. The molecule has 0 spiro atoms. The van der Waals surface area contributed by atoms with Gasteiger partial charge in [-0.05, 0) is 0 Å². The minimum Gasteiger partial charge on any atom is -0.427 e. The normalized spacial score (nSPS) is 27.3. The van der Waals surface area contributed by atoms with Crippen LogP contribution in [0.3, 0.4) is 0 Å². The predicted molar refractivity (Wildman–Crippen MR) is 43.5 cm³/mol. The number of hydrogen-bond acceptors (Lipinski definition) is 3. The van der Waals surface area contributed by atoms with Crippen molar-refractivity contribution in [3.63, 3.8) is 0 Å². The Morgan fingerprint density at radius 1 is 1.73 bits per heavy atom. The zero-order valence-corrected chi connectivity index (χ0v) is 8.15. The van der Waals surface area contributed by atoms with Crippen molar-refractivity contribution in [3.8, 4) is 0 Å². The van der Waals surface area contributed by atoms with E-state index in [4.69, 9.17) is 28.3 Å². The molecule has 1 heterocycles. The molecule has 0 amide bonds. The number of rotatable bonds is 1. The van der Waals surface area contributed by atoms with E-state index in [-0.39, 0.29) is 10.6 Å². The van der Waals surface area contributed by atoms with Gasteiger partial charge in [0.1, 0.15) is 9.32 Å². The largest absolute Gasteiger partial charge is 0.427 e. The third kappa shape index (κ3) is 1.69. The molecular weight excluding hydrogens is 259 g/mol. The Balaban J connectivity index is 2.97. The number of hydrogen-bond donors (Lipinski definition) is 1. The number of ether oxygens (including phenoxy) is 1. The summed E-state index contributed by atoms with van der Waals surface area (Å²) in [7, 11) is 0. The molecule has 0 saturated carbocycles. The zero-order chi connectivity index (χ0) is 8.59.